The zero-order valence-corrected chi connectivity index (χ0v) is 15.0. The maximum Gasteiger partial charge on any atom is 0.223 e. The maximum atomic E-state index is 12.1. The van der Waals surface area contributed by atoms with E-state index in [9.17, 15) is 13.2 Å². The molecule has 2 heterocycles. The summed E-state index contributed by atoms with van der Waals surface area (Å²) in [6.45, 7) is 1.54. The molecule has 1 aliphatic rings. The summed E-state index contributed by atoms with van der Waals surface area (Å²) in [5.41, 5.74) is 0. The maximum absolute atomic E-state index is 12.1. The van der Waals surface area contributed by atoms with Gasteiger partial charge < -0.3 is 9.73 Å². The Morgan fingerprint density at radius 1 is 1.43 bits per heavy atom. The average molecular weight is 361 g/mol. The van der Waals surface area contributed by atoms with Gasteiger partial charge in [-0.1, -0.05) is 0 Å². The first-order valence-electron chi connectivity index (χ1n) is 7.80. The van der Waals surface area contributed by atoms with Crippen molar-refractivity contribution in [1.29, 1.82) is 0 Å². The lowest BCUT2D eigenvalue weighted by molar-refractivity contribution is -0.126. The predicted octanol–water partition coefficient (Wildman–Crippen LogP) is 1.69. The van der Waals surface area contributed by atoms with E-state index in [2.05, 4.69) is 5.32 Å². The molecule has 0 aromatic carbocycles. The molecular weight excluding hydrogens is 336 g/mol. The van der Waals surface area contributed by atoms with Crippen LogP contribution in [-0.4, -0.2) is 50.3 Å². The molecule has 1 N–H and O–H groups in total. The topological polar surface area (TPSA) is 79.6 Å². The zero-order chi connectivity index (χ0) is 16.7. The van der Waals surface area contributed by atoms with Gasteiger partial charge in [0.05, 0.1) is 18.3 Å². The lowest BCUT2D eigenvalue weighted by Gasteiger charge is -2.29. The standard InChI is InChI=1S/C15H24N2O4S2/c1-23(19,20)17-8-5-13(6-9-17)15(18)16-7-3-11-22-12-14-4-2-10-21-14/h2,4,10,13H,3,5-9,11-12H2,1H3,(H,16,18). The van der Waals surface area contributed by atoms with Crippen LogP contribution in [0.4, 0.5) is 0 Å². The van der Waals surface area contributed by atoms with Crippen LogP contribution < -0.4 is 5.32 Å². The molecule has 0 saturated carbocycles. The van der Waals surface area contributed by atoms with Crippen LogP contribution in [0.25, 0.3) is 0 Å². The van der Waals surface area contributed by atoms with Crippen LogP contribution in [0.15, 0.2) is 22.8 Å². The molecular formula is C15H24N2O4S2. The van der Waals surface area contributed by atoms with Crippen molar-refractivity contribution in [3.8, 4) is 0 Å². The molecule has 0 aliphatic carbocycles. The van der Waals surface area contributed by atoms with Gasteiger partial charge in [0.25, 0.3) is 0 Å². The van der Waals surface area contributed by atoms with E-state index in [0.717, 1.165) is 23.7 Å². The van der Waals surface area contributed by atoms with Crippen molar-refractivity contribution >= 4 is 27.7 Å². The minimum atomic E-state index is -3.13. The van der Waals surface area contributed by atoms with Gasteiger partial charge in [0.15, 0.2) is 0 Å². The van der Waals surface area contributed by atoms with E-state index in [1.807, 2.05) is 12.1 Å². The highest BCUT2D eigenvalue weighted by atomic mass is 32.2. The number of hydrogen-bond donors (Lipinski definition) is 1. The smallest absolute Gasteiger partial charge is 0.223 e. The van der Waals surface area contributed by atoms with E-state index in [0.29, 0.717) is 32.5 Å². The molecule has 0 spiro atoms. The van der Waals surface area contributed by atoms with Crippen LogP contribution in [0.3, 0.4) is 0 Å². The normalized spacial score (nSPS) is 17.3. The van der Waals surface area contributed by atoms with Gasteiger partial charge >= 0.3 is 0 Å². The Kier molecular flexibility index (Phi) is 6.98. The summed E-state index contributed by atoms with van der Waals surface area (Å²) in [6.07, 6.45) is 5.01. The number of carbonyl (C=O) groups is 1. The van der Waals surface area contributed by atoms with E-state index in [1.54, 1.807) is 18.0 Å². The van der Waals surface area contributed by atoms with Gasteiger partial charge in [-0.25, -0.2) is 12.7 Å². The van der Waals surface area contributed by atoms with E-state index in [4.69, 9.17) is 4.42 Å². The van der Waals surface area contributed by atoms with E-state index >= 15 is 0 Å². The molecule has 23 heavy (non-hydrogen) atoms. The molecule has 0 atom stereocenters. The van der Waals surface area contributed by atoms with Gasteiger partial charge in [0, 0.05) is 25.6 Å². The van der Waals surface area contributed by atoms with Gasteiger partial charge in [0.2, 0.25) is 15.9 Å². The highest BCUT2D eigenvalue weighted by Crippen LogP contribution is 2.19. The summed E-state index contributed by atoms with van der Waals surface area (Å²) in [6, 6.07) is 3.84. The van der Waals surface area contributed by atoms with Gasteiger partial charge in [-0.15, -0.1) is 0 Å². The monoisotopic (exact) mass is 360 g/mol. The second-order valence-electron chi connectivity index (χ2n) is 5.71. The fourth-order valence-corrected chi connectivity index (χ4v) is 4.28. The molecule has 1 aliphatic heterocycles. The Bertz CT molecular complexity index is 579. The van der Waals surface area contributed by atoms with Crippen LogP contribution in [0, 0.1) is 5.92 Å². The molecule has 2 rings (SSSR count). The van der Waals surface area contributed by atoms with Crippen molar-refractivity contribution in [3.05, 3.63) is 24.2 Å². The number of furan rings is 1. The van der Waals surface area contributed by atoms with Gasteiger partial charge in [0.1, 0.15) is 5.76 Å². The summed E-state index contributed by atoms with van der Waals surface area (Å²) in [7, 11) is -3.13. The van der Waals surface area contributed by atoms with Crippen LogP contribution >= 0.6 is 11.8 Å². The number of hydrogen-bond acceptors (Lipinski definition) is 5. The zero-order valence-electron chi connectivity index (χ0n) is 13.4. The van der Waals surface area contributed by atoms with Crippen LogP contribution in [-0.2, 0) is 20.6 Å². The van der Waals surface area contributed by atoms with Crippen LogP contribution in [0.2, 0.25) is 0 Å². The second kappa shape index (κ2) is 8.75. The number of carbonyl (C=O) groups excluding carboxylic acids is 1. The minimum Gasteiger partial charge on any atom is -0.468 e. The lowest BCUT2D eigenvalue weighted by Crippen LogP contribution is -2.42. The van der Waals surface area contributed by atoms with Gasteiger partial charge in [-0.2, -0.15) is 11.8 Å². The molecule has 1 aromatic heterocycles. The first kappa shape index (κ1) is 18.4. The fraction of sp³-hybridized carbons (Fsp3) is 0.667. The van der Waals surface area contributed by atoms with Crippen LogP contribution in [0.1, 0.15) is 25.0 Å². The summed E-state index contributed by atoms with van der Waals surface area (Å²) in [4.78, 5) is 12.1. The molecule has 6 nitrogen and oxygen atoms in total. The third-order valence-electron chi connectivity index (χ3n) is 3.88. The van der Waals surface area contributed by atoms with Crippen molar-refractivity contribution in [1.82, 2.24) is 9.62 Å². The Morgan fingerprint density at radius 3 is 2.78 bits per heavy atom. The van der Waals surface area contributed by atoms with E-state index in [1.165, 1.54) is 10.6 Å². The molecule has 0 bridgehead atoms. The Balaban J connectivity index is 1.55. The molecule has 1 amide bonds. The largest absolute Gasteiger partial charge is 0.468 e. The number of nitrogens with zero attached hydrogens (tertiary/aromatic N) is 1. The highest BCUT2D eigenvalue weighted by molar-refractivity contribution is 7.98. The molecule has 1 aromatic rings. The van der Waals surface area contributed by atoms with Crippen molar-refractivity contribution < 1.29 is 17.6 Å². The fourth-order valence-electron chi connectivity index (χ4n) is 2.55. The van der Waals surface area contributed by atoms with Crippen molar-refractivity contribution in [2.24, 2.45) is 5.92 Å². The number of rotatable bonds is 8. The third kappa shape index (κ3) is 6.19. The van der Waals surface area contributed by atoms with E-state index < -0.39 is 10.0 Å². The summed E-state index contributed by atoms with van der Waals surface area (Å²) in [5, 5.41) is 2.96. The van der Waals surface area contributed by atoms with Crippen LogP contribution in [0.5, 0.6) is 0 Å². The van der Waals surface area contributed by atoms with Crippen molar-refractivity contribution in [2.45, 2.75) is 25.0 Å². The third-order valence-corrected chi connectivity index (χ3v) is 6.25. The number of amides is 1. The Labute approximate surface area is 142 Å². The quantitative estimate of drug-likeness (QED) is 0.714. The summed E-state index contributed by atoms with van der Waals surface area (Å²) in [5.74, 6) is 2.77. The molecule has 0 unspecified atom stereocenters. The number of nitrogens with one attached hydrogen (secondary N) is 1. The van der Waals surface area contributed by atoms with Gasteiger partial charge in [-0.3, -0.25) is 4.79 Å². The SMILES string of the molecule is CS(=O)(=O)N1CCC(C(=O)NCCCSCc2ccco2)CC1. The molecule has 0 radical (unpaired) electrons. The molecule has 1 fully saturated rings. The highest BCUT2D eigenvalue weighted by Gasteiger charge is 2.28. The van der Waals surface area contributed by atoms with Crippen molar-refractivity contribution in [3.63, 3.8) is 0 Å². The first-order valence-corrected chi connectivity index (χ1v) is 10.8. The Hall–Kier alpha value is -0.990. The second-order valence-corrected chi connectivity index (χ2v) is 8.80. The average Bonchev–Trinajstić information content (AvgIpc) is 3.03. The first-order chi connectivity index (χ1) is 11.0. The van der Waals surface area contributed by atoms with Gasteiger partial charge in [-0.05, 0) is 37.1 Å². The summed E-state index contributed by atoms with van der Waals surface area (Å²) >= 11 is 1.78. The molecule has 130 valence electrons. The number of sulfonamides is 1. The van der Waals surface area contributed by atoms with E-state index in [-0.39, 0.29) is 11.8 Å². The van der Waals surface area contributed by atoms with Crippen molar-refractivity contribution in [2.75, 3.05) is 31.6 Å². The minimum absolute atomic E-state index is 0.0502. The number of piperidine rings is 1. The Morgan fingerprint density at radius 2 is 2.17 bits per heavy atom. The summed E-state index contributed by atoms with van der Waals surface area (Å²) < 4.78 is 29.6. The molecule has 8 heteroatoms. The predicted molar refractivity (Wildman–Crippen MR) is 91.6 cm³/mol. The molecule has 1 saturated heterocycles. The lowest BCUT2D eigenvalue weighted by atomic mass is 9.97. The number of thioether (sulfide) groups is 1.